The van der Waals surface area contributed by atoms with E-state index < -0.39 is 0 Å². The summed E-state index contributed by atoms with van der Waals surface area (Å²) in [6.07, 6.45) is 1.89. The number of nitrogen functional groups attached to an aromatic ring is 1. The van der Waals surface area contributed by atoms with E-state index in [4.69, 9.17) is 10.5 Å². The first-order chi connectivity index (χ1) is 9.16. The van der Waals surface area contributed by atoms with Crippen LogP contribution in [0.15, 0.2) is 24.3 Å². The zero-order chi connectivity index (χ0) is 13.7. The molecule has 1 saturated heterocycles. The van der Waals surface area contributed by atoms with Crippen LogP contribution in [-0.2, 0) is 9.53 Å². The number of thioether (sulfide) groups is 1. The molecule has 2 atom stereocenters. The molecular weight excluding hydrogens is 260 g/mol. The van der Waals surface area contributed by atoms with E-state index in [1.54, 1.807) is 6.07 Å². The highest BCUT2D eigenvalue weighted by Crippen LogP contribution is 2.26. The van der Waals surface area contributed by atoms with Gasteiger partial charge in [0.05, 0.1) is 17.5 Å². The molecule has 0 aromatic heterocycles. The first-order valence-electron chi connectivity index (χ1n) is 6.54. The van der Waals surface area contributed by atoms with Crippen molar-refractivity contribution in [1.29, 1.82) is 0 Å². The molecule has 0 bridgehead atoms. The van der Waals surface area contributed by atoms with E-state index in [1.165, 1.54) is 0 Å². The molecule has 1 aromatic carbocycles. The third-order valence-electron chi connectivity index (χ3n) is 3.20. The van der Waals surface area contributed by atoms with Crippen LogP contribution in [-0.4, -0.2) is 29.6 Å². The largest absolute Gasteiger partial charge is 0.397 e. The van der Waals surface area contributed by atoms with E-state index in [1.807, 2.05) is 30.0 Å². The first kappa shape index (κ1) is 14.2. The molecule has 1 amide bonds. The summed E-state index contributed by atoms with van der Waals surface area (Å²) < 4.78 is 5.50. The van der Waals surface area contributed by atoms with Crippen LogP contribution in [0, 0.1) is 0 Å². The predicted octanol–water partition coefficient (Wildman–Crippen LogP) is 2.51. The van der Waals surface area contributed by atoms with Gasteiger partial charge in [-0.2, -0.15) is 11.8 Å². The third-order valence-corrected chi connectivity index (χ3v) is 4.69. The van der Waals surface area contributed by atoms with E-state index in [2.05, 4.69) is 12.2 Å². The second-order valence-electron chi connectivity index (χ2n) is 4.66. The zero-order valence-electron chi connectivity index (χ0n) is 11.1. The number of hydrogen-bond donors (Lipinski definition) is 2. The van der Waals surface area contributed by atoms with Crippen LogP contribution in [0.2, 0.25) is 0 Å². The molecule has 1 fully saturated rings. The molecule has 0 aliphatic carbocycles. The Morgan fingerprint density at radius 3 is 3.00 bits per heavy atom. The highest BCUT2D eigenvalue weighted by molar-refractivity contribution is 7.99. The van der Waals surface area contributed by atoms with Crippen LogP contribution in [0.25, 0.3) is 0 Å². The van der Waals surface area contributed by atoms with Crippen molar-refractivity contribution in [2.75, 3.05) is 23.4 Å². The van der Waals surface area contributed by atoms with Crippen LogP contribution < -0.4 is 11.1 Å². The number of nitrogens with one attached hydrogen (secondary N) is 1. The summed E-state index contributed by atoms with van der Waals surface area (Å²) in [6.45, 7) is 2.93. The number of anilines is 2. The van der Waals surface area contributed by atoms with Crippen LogP contribution in [0.3, 0.4) is 0 Å². The quantitative estimate of drug-likeness (QED) is 0.813. The van der Waals surface area contributed by atoms with Gasteiger partial charge >= 0.3 is 0 Å². The van der Waals surface area contributed by atoms with E-state index in [9.17, 15) is 4.79 Å². The standard InChI is InChI=1S/C14H20N2O2S/c1-10-13(6-8-18-10)19-9-7-14(17)16-12-5-3-2-4-11(12)15/h2-5,10,13H,6-9,15H2,1H3,(H,16,17). The SMILES string of the molecule is CC1OCCC1SCCC(=O)Nc1ccccc1N. The van der Waals surface area contributed by atoms with Crippen molar-refractivity contribution in [1.82, 2.24) is 0 Å². The zero-order valence-corrected chi connectivity index (χ0v) is 11.9. The molecule has 2 rings (SSSR count). The Bertz CT molecular complexity index is 439. The second-order valence-corrected chi connectivity index (χ2v) is 6.01. The van der Waals surface area contributed by atoms with E-state index in [-0.39, 0.29) is 5.91 Å². The highest BCUT2D eigenvalue weighted by atomic mass is 32.2. The summed E-state index contributed by atoms with van der Waals surface area (Å²) in [5.74, 6) is 0.827. The number of para-hydroxylation sites is 2. The van der Waals surface area contributed by atoms with Crippen molar-refractivity contribution in [3.63, 3.8) is 0 Å². The van der Waals surface area contributed by atoms with Crippen molar-refractivity contribution >= 4 is 29.0 Å². The van der Waals surface area contributed by atoms with Gasteiger partial charge in [-0.25, -0.2) is 0 Å². The summed E-state index contributed by atoms with van der Waals surface area (Å²) in [5, 5.41) is 3.36. The Balaban J connectivity index is 1.72. The molecule has 2 unspecified atom stereocenters. The van der Waals surface area contributed by atoms with Gasteiger partial charge in [0.25, 0.3) is 0 Å². The summed E-state index contributed by atoms with van der Waals surface area (Å²) in [5.41, 5.74) is 7.07. The van der Waals surface area contributed by atoms with Gasteiger partial charge in [-0.1, -0.05) is 12.1 Å². The summed E-state index contributed by atoms with van der Waals surface area (Å²) in [4.78, 5) is 11.8. The summed E-state index contributed by atoms with van der Waals surface area (Å²) in [6, 6.07) is 7.30. The third kappa shape index (κ3) is 4.14. The van der Waals surface area contributed by atoms with Crippen LogP contribution in [0.1, 0.15) is 19.8 Å². The highest BCUT2D eigenvalue weighted by Gasteiger charge is 2.24. The molecule has 1 aromatic rings. The predicted molar refractivity (Wildman–Crippen MR) is 80.4 cm³/mol. The molecule has 5 heteroatoms. The number of amides is 1. The number of rotatable bonds is 5. The second kappa shape index (κ2) is 6.82. The Morgan fingerprint density at radius 1 is 1.53 bits per heavy atom. The Morgan fingerprint density at radius 2 is 2.32 bits per heavy atom. The van der Waals surface area contributed by atoms with E-state index in [0.717, 1.165) is 18.8 Å². The monoisotopic (exact) mass is 280 g/mol. The maximum Gasteiger partial charge on any atom is 0.225 e. The van der Waals surface area contributed by atoms with Crippen molar-refractivity contribution in [2.45, 2.75) is 31.1 Å². The van der Waals surface area contributed by atoms with Gasteiger partial charge in [-0.15, -0.1) is 0 Å². The molecule has 0 radical (unpaired) electrons. The minimum Gasteiger partial charge on any atom is -0.397 e. The number of hydrogen-bond acceptors (Lipinski definition) is 4. The lowest BCUT2D eigenvalue weighted by atomic mass is 10.2. The summed E-state index contributed by atoms with van der Waals surface area (Å²) >= 11 is 1.82. The lowest BCUT2D eigenvalue weighted by Gasteiger charge is -2.13. The smallest absolute Gasteiger partial charge is 0.225 e. The lowest BCUT2D eigenvalue weighted by molar-refractivity contribution is -0.115. The van der Waals surface area contributed by atoms with Gasteiger partial charge < -0.3 is 15.8 Å². The maximum absolute atomic E-state index is 11.8. The minimum absolute atomic E-state index is 0.0111. The van der Waals surface area contributed by atoms with E-state index in [0.29, 0.717) is 29.1 Å². The number of carbonyl (C=O) groups is 1. The molecule has 0 saturated carbocycles. The molecule has 104 valence electrons. The Labute approximate surface area is 118 Å². The molecule has 3 N–H and O–H groups in total. The molecule has 19 heavy (non-hydrogen) atoms. The van der Waals surface area contributed by atoms with Crippen molar-refractivity contribution in [3.8, 4) is 0 Å². The fourth-order valence-corrected chi connectivity index (χ4v) is 3.28. The number of carbonyl (C=O) groups excluding carboxylic acids is 1. The van der Waals surface area contributed by atoms with Gasteiger partial charge in [0, 0.05) is 24.0 Å². The fraction of sp³-hybridized carbons (Fsp3) is 0.500. The molecule has 4 nitrogen and oxygen atoms in total. The van der Waals surface area contributed by atoms with Crippen LogP contribution >= 0.6 is 11.8 Å². The lowest BCUT2D eigenvalue weighted by Crippen LogP contribution is -2.17. The molecular formula is C14H20N2O2S. The van der Waals surface area contributed by atoms with Crippen LogP contribution in [0.5, 0.6) is 0 Å². The van der Waals surface area contributed by atoms with Gasteiger partial charge in [0.2, 0.25) is 5.91 Å². The Kier molecular flexibility index (Phi) is 5.10. The number of nitrogens with two attached hydrogens (primary N) is 1. The number of benzene rings is 1. The van der Waals surface area contributed by atoms with Crippen molar-refractivity contribution < 1.29 is 9.53 Å². The normalized spacial score (nSPS) is 22.4. The molecule has 0 spiro atoms. The average molecular weight is 280 g/mol. The molecule has 1 heterocycles. The first-order valence-corrected chi connectivity index (χ1v) is 7.59. The van der Waals surface area contributed by atoms with Gasteiger partial charge in [-0.3, -0.25) is 4.79 Å². The van der Waals surface area contributed by atoms with Crippen LogP contribution in [0.4, 0.5) is 11.4 Å². The van der Waals surface area contributed by atoms with Crippen molar-refractivity contribution in [2.24, 2.45) is 0 Å². The van der Waals surface area contributed by atoms with Crippen molar-refractivity contribution in [3.05, 3.63) is 24.3 Å². The minimum atomic E-state index is 0.0111. The Hall–Kier alpha value is -1.20. The fourth-order valence-electron chi connectivity index (χ4n) is 2.06. The van der Waals surface area contributed by atoms with E-state index >= 15 is 0 Å². The molecule has 1 aliphatic heterocycles. The topological polar surface area (TPSA) is 64.3 Å². The average Bonchev–Trinajstić information content (AvgIpc) is 2.78. The number of ether oxygens (including phenoxy) is 1. The van der Waals surface area contributed by atoms with Gasteiger partial charge in [0.1, 0.15) is 0 Å². The van der Waals surface area contributed by atoms with Gasteiger partial charge in [0.15, 0.2) is 0 Å². The molecule has 1 aliphatic rings. The van der Waals surface area contributed by atoms with Gasteiger partial charge in [-0.05, 0) is 25.5 Å². The maximum atomic E-state index is 11.8. The summed E-state index contributed by atoms with van der Waals surface area (Å²) in [7, 11) is 0.